The number of rotatable bonds is 7. The molecule has 0 spiro atoms. The van der Waals surface area contributed by atoms with Crippen LogP contribution < -0.4 is 10.6 Å². The number of benzene rings is 1. The zero-order valence-electron chi connectivity index (χ0n) is 16.8. The maximum absolute atomic E-state index is 13.1. The van der Waals surface area contributed by atoms with Crippen molar-refractivity contribution >= 4 is 30.1 Å². The van der Waals surface area contributed by atoms with Gasteiger partial charge in [-0.25, -0.2) is 0 Å². The van der Waals surface area contributed by atoms with Crippen LogP contribution >= 0.6 is 12.4 Å². The number of halogens is 4. The Morgan fingerprint density at radius 3 is 2.61 bits per heavy atom. The predicted octanol–water partition coefficient (Wildman–Crippen LogP) is 3.21. The largest absolute Gasteiger partial charge is 0.423 e. The second-order valence-electron chi connectivity index (χ2n) is 7.56. The Hall–Kier alpha value is -1.95. The third-order valence-electron chi connectivity index (χ3n) is 5.50. The number of nitro benzene ring substituents is 1. The summed E-state index contributed by atoms with van der Waals surface area (Å²) in [6.45, 7) is 2.52. The van der Waals surface area contributed by atoms with Gasteiger partial charge in [-0.2, -0.15) is 13.2 Å². The smallest absolute Gasteiger partial charge is 0.382 e. The van der Waals surface area contributed by atoms with Gasteiger partial charge in [-0.05, 0) is 37.8 Å². The van der Waals surface area contributed by atoms with E-state index in [1.165, 1.54) is 6.07 Å². The highest BCUT2D eigenvalue weighted by Crippen LogP contribution is 2.38. The van der Waals surface area contributed by atoms with E-state index in [0.717, 1.165) is 44.4 Å². The van der Waals surface area contributed by atoms with E-state index in [9.17, 15) is 28.1 Å². The summed E-state index contributed by atoms with van der Waals surface area (Å²) in [5.74, 6) is 0. The number of alkyl halides is 3. The van der Waals surface area contributed by atoms with E-state index in [0.29, 0.717) is 25.9 Å². The fraction of sp³-hybridized carbons (Fsp3) is 0.632. The van der Waals surface area contributed by atoms with Gasteiger partial charge in [-0.1, -0.05) is 0 Å². The Balaban J connectivity index is 0.00000341. The minimum atomic E-state index is -4.80. The predicted molar refractivity (Wildman–Crippen MR) is 110 cm³/mol. The van der Waals surface area contributed by atoms with E-state index in [4.69, 9.17) is 4.74 Å². The van der Waals surface area contributed by atoms with E-state index in [1.54, 1.807) is 0 Å². The molecule has 0 bridgehead atoms. The second-order valence-corrected chi connectivity index (χ2v) is 7.56. The normalized spacial score (nSPS) is 24.8. The minimum Gasteiger partial charge on any atom is -0.382 e. The summed E-state index contributed by atoms with van der Waals surface area (Å²) >= 11 is 0. The molecule has 1 saturated heterocycles. The van der Waals surface area contributed by atoms with Crippen molar-refractivity contribution in [2.45, 2.75) is 50.2 Å². The third-order valence-corrected chi connectivity index (χ3v) is 5.50. The number of aldehydes is 1. The first-order valence-corrected chi connectivity index (χ1v) is 9.94. The summed E-state index contributed by atoms with van der Waals surface area (Å²) in [6, 6.07) is 2.95. The maximum Gasteiger partial charge on any atom is 0.423 e. The summed E-state index contributed by atoms with van der Waals surface area (Å²) in [4.78, 5) is 22.7. The molecule has 174 valence electrons. The number of nitro groups is 1. The van der Waals surface area contributed by atoms with Gasteiger partial charge in [-0.15, -0.1) is 12.4 Å². The van der Waals surface area contributed by atoms with E-state index >= 15 is 0 Å². The van der Waals surface area contributed by atoms with Crippen molar-refractivity contribution in [2.24, 2.45) is 0 Å². The topological polar surface area (TPSA) is 96.7 Å². The zero-order chi connectivity index (χ0) is 21.7. The lowest BCUT2D eigenvalue weighted by Crippen LogP contribution is -2.54. The highest BCUT2D eigenvalue weighted by Gasteiger charge is 2.38. The van der Waals surface area contributed by atoms with Gasteiger partial charge >= 0.3 is 6.18 Å². The average Bonchev–Trinajstić information content (AvgIpc) is 2.70. The Labute approximate surface area is 184 Å². The van der Waals surface area contributed by atoms with Gasteiger partial charge in [0, 0.05) is 37.4 Å². The number of ether oxygens (including phenoxy) is 1. The van der Waals surface area contributed by atoms with E-state index < -0.39 is 22.4 Å². The molecule has 2 aliphatic rings. The van der Waals surface area contributed by atoms with Crippen molar-refractivity contribution in [1.29, 1.82) is 0 Å². The lowest BCUT2D eigenvalue weighted by atomic mass is 9.92. The number of hydrogen-bond acceptors (Lipinski definition) is 7. The van der Waals surface area contributed by atoms with Crippen LogP contribution in [0.4, 0.5) is 24.5 Å². The number of nitrogens with one attached hydrogen (secondary N) is 2. The minimum absolute atomic E-state index is 0. The fourth-order valence-corrected chi connectivity index (χ4v) is 3.97. The van der Waals surface area contributed by atoms with Crippen molar-refractivity contribution < 1.29 is 27.6 Å². The molecule has 2 N–H and O–H groups in total. The monoisotopic (exact) mass is 466 g/mol. The Bertz CT molecular complexity index is 760. The standard InChI is InChI=1S/C19H25F3N4O4.ClH/c20-19(21,22)16-11-14(3-6-17(16)26(28)29)24-13-1-4-15(5-2-13)30-18-12-23-7-8-25(18)9-10-27;/h3,6,10-11,13,15,18,23-24H,1-2,4-5,7-9,12H2;1H. The highest BCUT2D eigenvalue weighted by atomic mass is 35.5. The summed E-state index contributed by atoms with van der Waals surface area (Å²) in [5, 5.41) is 17.2. The molecule has 1 aliphatic heterocycles. The quantitative estimate of drug-likeness (QED) is 0.362. The molecule has 1 atom stereocenters. The first kappa shape index (κ1) is 25.3. The lowest BCUT2D eigenvalue weighted by Gasteiger charge is -2.39. The van der Waals surface area contributed by atoms with Gasteiger partial charge in [0.1, 0.15) is 18.1 Å². The van der Waals surface area contributed by atoms with Crippen LogP contribution in [-0.4, -0.2) is 60.7 Å². The molecule has 1 heterocycles. The number of anilines is 1. The number of nitrogens with zero attached hydrogens (tertiary/aromatic N) is 2. The van der Waals surface area contributed by atoms with Crippen LogP contribution in [0.25, 0.3) is 0 Å². The van der Waals surface area contributed by atoms with Crippen LogP contribution in [0, 0.1) is 10.1 Å². The molecular weight excluding hydrogens is 441 g/mol. The number of carbonyl (C=O) groups excluding carboxylic acids is 1. The number of piperazine rings is 1. The average molecular weight is 467 g/mol. The van der Waals surface area contributed by atoms with Gasteiger partial charge in [0.05, 0.1) is 17.6 Å². The maximum atomic E-state index is 13.1. The van der Waals surface area contributed by atoms with Crippen LogP contribution in [0.1, 0.15) is 31.2 Å². The molecule has 0 aromatic heterocycles. The van der Waals surface area contributed by atoms with Crippen molar-refractivity contribution in [3.8, 4) is 0 Å². The van der Waals surface area contributed by atoms with Gasteiger partial charge in [0.15, 0.2) is 0 Å². The molecule has 1 aliphatic carbocycles. The molecule has 2 fully saturated rings. The summed E-state index contributed by atoms with van der Waals surface area (Å²) in [6.07, 6.45) is -1.19. The highest BCUT2D eigenvalue weighted by molar-refractivity contribution is 5.85. The molecule has 3 rings (SSSR count). The van der Waals surface area contributed by atoms with E-state index in [-0.39, 0.29) is 36.5 Å². The van der Waals surface area contributed by atoms with Gasteiger partial charge in [0.25, 0.3) is 5.69 Å². The van der Waals surface area contributed by atoms with Crippen molar-refractivity contribution in [3.63, 3.8) is 0 Å². The Morgan fingerprint density at radius 2 is 2.00 bits per heavy atom. The van der Waals surface area contributed by atoms with E-state index in [1.807, 2.05) is 4.90 Å². The summed E-state index contributed by atoms with van der Waals surface area (Å²) in [7, 11) is 0. The van der Waals surface area contributed by atoms with Crippen molar-refractivity contribution in [2.75, 3.05) is 31.5 Å². The lowest BCUT2D eigenvalue weighted by molar-refractivity contribution is -0.388. The molecule has 1 aromatic carbocycles. The molecule has 12 heteroatoms. The summed E-state index contributed by atoms with van der Waals surface area (Å²) < 4.78 is 45.6. The van der Waals surface area contributed by atoms with Crippen LogP contribution in [0.2, 0.25) is 0 Å². The molecule has 1 saturated carbocycles. The van der Waals surface area contributed by atoms with Gasteiger partial charge in [0.2, 0.25) is 0 Å². The Morgan fingerprint density at radius 1 is 1.29 bits per heavy atom. The number of carbonyl (C=O) groups is 1. The Kier molecular flexibility index (Phi) is 9.04. The third kappa shape index (κ3) is 6.76. The fourth-order valence-electron chi connectivity index (χ4n) is 3.97. The van der Waals surface area contributed by atoms with Gasteiger partial charge in [-0.3, -0.25) is 15.0 Å². The molecule has 1 unspecified atom stereocenters. The molecular formula is C19H26ClF3N4O4. The first-order valence-electron chi connectivity index (χ1n) is 9.94. The number of hydrogen-bond donors (Lipinski definition) is 2. The SMILES string of the molecule is Cl.O=CCN1CCNCC1OC1CCC(Nc2ccc([N+](=O)[O-])c(C(F)(F)F)c2)CC1. The van der Waals surface area contributed by atoms with Crippen LogP contribution in [0.3, 0.4) is 0 Å². The van der Waals surface area contributed by atoms with Crippen molar-refractivity contribution in [1.82, 2.24) is 10.2 Å². The van der Waals surface area contributed by atoms with Crippen LogP contribution in [0.15, 0.2) is 18.2 Å². The zero-order valence-corrected chi connectivity index (χ0v) is 17.6. The van der Waals surface area contributed by atoms with Gasteiger partial charge < -0.3 is 20.2 Å². The molecule has 31 heavy (non-hydrogen) atoms. The molecule has 0 radical (unpaired) electrons. The first-order chi connectivity index (χ1) is 14.3. The molecule has 8 nitrogen and oxygen atoms in total. The van der Waals surface area contributed by atoms with Crippen LogP contribution in [-0.2, 0) is 15.7 Å². The second kappa shape index (κ2) is 11.1. The molecule has 1 aromatic rings. The van der Waals surface area contributed by atoms with Crippen LogP contribution in [0.5, 0.6) is 0 Å². The summed E-state index contributed by atoms with van der Waals surface area (Å²) in [5.41, 5.74) is -1.99. The molecule has 0 amide bonds. The van der Waals surface area contributed by atoms with E-state index in [2.05, 4.69) is 10.6 Å². The van der Waals surface area contributed by atoms with Crippen molar-refractivity contribution in [3.05, 3.63) is 33.9 Å².